The molecular formula is C31H41N3O6. The Hall–Kier alpha value is -3.17. The normalized spacial score (nSPS) is 32.2. The van der Waals surface area contributed by atoms with Crippen molar-refractivity contribution in [1.82, 2.24) is 9.80 Å². The van der Waals surface area contributed by atoms with Crippen LogP contribution in [-0.2, 0) is 19.1 Å². The molecule has 9 nitrogen and oxygen atoms in total. The summed E-state index contributed by atoms with van der Waals surface area (Å²) in [6.07, 6.45) is 8.85. The second-order valence-corrected chi connectivity index (χ2v) is 11.9. The number of aliphatic hydroxyl groups excluding tert-OH is 1. The number of fused-ring (bicyclic) bond motifs is 2. The van der Waals surface area contributed by atoms with Gasteiger partial charge in [0.05, 0.1) is 37.2 Å². The summed E-state index contributed by atoms with van der Waals surface area (Å²) in [4.78, 5) is 48.2. The number of anilines is 1. The molecular weight excluding hydrogens is 510 g/mol. The number of hydrogen-bond donors (Lipinski definition) is 1. The van der Waals surface area contributed by atoms with E-state index in [1.54, 1.807) is 33.9 Å². The first-order chi connectivity index (χ1) is 19.1. The van der Waals surface area contributed by atoms with Crippen LogP contribution in [0.25, 0.3) is 0 Å². The first-order valence-corrected chi connectivity index (χ1v) is 14.3. The van der Waals surface area contributed by atoms with Crippen LogP contribution in [0.4, 0.5) is 5.69 Å². The van der Waals surface area contributed by atoms with E-state index >= 15 is 0 Å². The Morgan fingerprint density at radius 2 is 1.73 bits per heavy atom. The van der Waals surface area contributed by atoms with E-state index in [1.165, 1.54) is 0 Å². The van der Waals surface area contributed by atoms with Crippen LogP contribution in [0.15, 0.2) is 48.6 Å². The van der Waals surface area contributed by atoms with E-state index in [-0.39, 0.29) is 36.8 Å². The Morgan fingerprint density at radius 1 is 1.02 bits per heavy atom. The molecule has 2 saturated heterocycles. The number of rotatable bonds is 8. The Labute approximate surface area is 236 Å². The zero-order valence-electron chi connectivity index (χ0n) is 24.1. The van der Waals surface area contributed by atoms with Crippen LogP contribution in [0.2, 0.25) is 0 Å². The van der Waals surface area contributed by atoms with Crippen LogP contribution >= 0.6 is 0 Å². The molecule has 1 spiro atoms. The topological polar surface area (TPSA) is 99.6 Å². The summed E-state index contributed by atoms with van der Waals surface area (Å²) in [5, 5.41) is 10.5. The van der Waals surface area contributed by atoms with Gasteiger partial charge in [-0.15, -0.1) is 0 Å². The summed E-state index contributed by atoms with van der Waals surface area (Å²) in [6, 6.07) is 5.58. The monoisotopic (exact) mass is 551 g/mol. The summed E-state index contributed by atoms with van der Waals surface area (Å²) in [6.45, 7) is 8.93. The molecule has 4 aliphatic heterocycles. The lowest BCUT2D eigenvalue weighted by molar-refractivity contribution is -0.151. The molecule has 1 unspecified atom stereocenters. The van der Waals surface area contributed by atoms with E-state index in [9.17, 15) is 19.5 Å². The SMILES string of the molecule is CCCN1CC=C[C@@]2(C)O[C@]34C=CCN(c5ccc(OC)cc5)C(=O)C3N([C@@H](CO)CC(C)C)C(=O)[C@@H]4[C@H]2C1=O. The van der Waals surface area contributed by atoms with Gasteiger partial charge in [-0.2, -0.15) is 0 Å². The van der Waals surface area contributed by atoms with Gasteiger partial charge < -0.3 is 29.3 Å². The first kappa shape index (κ1) is 28.4. The molecule has 0 aliphatic carbocycles. The molecule has 3 amide bonds. The number of aliphatic hydroxyl groups is 1. The quantitative estimate of drug-likeness (QED) is 0.499. The van der Waals surface area contributed by atoms with Crippen LogP contribution in [-0.4, -0.2) is 89.3 Å². The van der Waals surface area contributed by atoms with E-state index in [2.05, 4.69) is 0 Å². The molecule has 4 aliphatic rings. The maximum Gasteiger partial charge on any atom is 0.253 e. The van der Waals surface area contributed by atoms with Crippen LogP contribution in [0.1, 0.15) is 40.5 Å². The van der Waals surface area contributed by atoms with Gasteiger partial charge in [0.25, 0.3) is 5.91 Å². The second kappa shape index (κ2) is 10.7. The summed E-state index contributed by atoms with van der Waals surface area (Å²) in [5.41, 5.74) is -1.75. The standard InChI is InChI=1S/C31H41N3O6/c1-6-15-32-16-7-13-30(4)24(27(32)36)25-28(37)34(22(19-35)18-20(2)3)26-29(38)33(17-8-14-31(25,26)40-30)21-9-11-23(39-5)12-10-21/h7-14,20,22,24-26,35H,6,15-19H2,1-5H3/t22-,24+,25+,26?,30-,31+/m1/s1. The highest BCUT2D eigenvalue weighted by Gasteiger charge is 2.75. The van der Waals surface area contributed by atoms with Gasteiger partial charge in [-0.1, -0.05) is 45.1 Å². The molecule has 1 aromatic carbocycles. The van der Waals surface area contributed by atoms with Gasteiger partial charge in [-0.25, -0.2) is 0 Å². The molecule has 6 atom stereocenters. The van der Waals surface area contributed by atoms with Crippen molar-refractivity contribution in [2.24, 2.45) is 17.8 Å². The van der Waals surface area contributed by atoms with E-state index in [0.29, 0.717) is 30.9 Å². The highest BCUT2D eigenvalue weighted by Crippen LogP contribution is 2.58. The molecule has 0 bridgehead atoms. The van der Waals surface area contributed by atoms with E-state index in [1.807, 2.05) is 64.1 Å². The minimum absolute atomic E-state index is 0.133. The van der Waals surface area contributed by atoms with Crippen molar-refractivity contribution in [3.8, 4) is 5.75 Å². The van der Waals surface area contributed by atoms with Crippen molar-refractivity contribution in [1.29, 1.82) is 0 Å². The number of benzene rings is 1. The maximum atomic E-state index is 14.6. The lowest BCUT2D eigenvalue weighted by atomic mass is 9.74. The van der Waals surface area contributed by atoms with Crippen molar-refractivity contribution in [3.05, 3.63) is 48.6 Å². The number of amides is 3. The van der Waals surface area contributed by atoms with Crippen LogP contribution in [0, 0.1) is 17.8 Å². The largest absolute Gasteiger partial charge is 0.497 e. The molecule has 4 heterocycles. The highest BCUT2D eigenvalue weighted by atomic mass is 16.5. The number of likely N-dealkylation sites (tertiary alicyclic amines) is 1. The van der Waals surface area contributed by atoms with Crippen LogP contribution in [0.3, 0.4) is 0 Å². The molecule has 1 aromatic rings. The number of carbonyl (C=O) groups is 3. The zero-order chi connectivity index (χ0) is 28.8. The van der Waals surface area contributed by atoms with Crippen molar-refractivity contribution in [2.75, 3.05) is 38.3 Å². The minimum Gasteiger partial charge on any atom is -0.497 e. The fourth-order valence-electron chi connectivity index (χ4n) is 7.19. The van der Waals surface area contributed by atoms with Gasteiger partial charge in [-0.3, -0.25) is 14.4 Å². The van der Waals surface area contributed by atoms with Gasteiger partial charge in [0.15, 0.2) is 0 Å². The average Bonchev–Trinajstić information content (AvgIpc) is 3.21. The van der Waals surface area contributed by atoms with Crippen molar-refractivity contribution < 1.29 is 29.0 Å². The van der Waals surface area contributed by atoms with E-state index < -0.39 is 35.1 Å². The zero-order valence-corrected chi connectivity index (χ0v) is 24.1. The smallest absolute Gasteiger partial charge is 0.253 e. The third-order valence-corrected chi connectivity index (χ3v) is 8.80. The fourth-order valence-corrected chi connectivity index (χ4v) is 7.19. The molecule has 40 heavy (non-hydrogen) atoms. The third kappa shape index (κ3) is 4.34. The van der Waals surface area contributed by atoms with Gasteiger partial charge in [0.1, 0.15) is 17.4 Å². The van der Waals surface area contributed by atoms with Crippen LogP contribution in [0.5, 0.6) is 5.75 Å². The van der Waals surface area contributed by atoms with Crippen molar-refractivity contribution in [2.45, 2.75) is 63.8 Å². The van der Waals surface area contributed by atoms with Gasteiger partial charge in [0, 0.05) is 25.3 Å². The van der Waals surface area contributed by atoms with Crippen molar-refractivity contribution in [3.63, 3.8) is 0 Å². The minimum atomic E-state index is -1.35. The molecule has 216 valence electrons. The van der Waals surface area contributed by atoms with Gasteiger partial charge in [0.2, 0.25) is 11.8 Å². The van der Waals surface area contributed by atoms with E-state index in [0.717, 1.165) is 6.42 Å². The number of carbonyl (C=O) groups excluding carboxylic acids is 3. The van der Waals surface area contributed by atoms with E-state index in [4.69, 9.17) is 9.47 Å². The number of methoxy groups -OCH3 is 1. The predicted molar refractivity (Wildman–Crippen MR) is 151 cm³/mol. The number of ether oxygens (including phenoxy) is 2. The Kier molecular flexibility index (Phi) is 7.56. The molecule has 2 fully saturated rings. The second-order valence-electron chi connectivity index (χ2n) is 11.9. The Bertz CT molecular complexity index is 1210. The molecule has 0 aromatic heterocycles. The van der Waals surface area contributed by atoms with Gasteiger partial charge >= 0.3 is 0 Å². The summed E-state index contributed by atoms with van der Waals surface area (Å²) >= 11 is 0. The van der Waals surface area contributed by atoms with Crippen molar-refractivity contribution >= 4 is 23.4 Å². The highest BCUT2D eigenvalue weighted by molar-refractivity contribution is 6.06. The Balaban J connectivity index is 1.65. The lowest BCUT2D eigenvalue weighted by Gasteiger charge is -2.40. The maximum absolute atomic E-state index is 14.6. The predicted octanol–water partition coefficient (Wildman–Crippen LogP) is 2.78. The Morgan fingerprint density at radius 3 is 2.35 bits per heavy atom. The fraction of sp³-hybridized carbons (Fsp3) is 0.581. The van der Waals surface area contributed by atoms with Gasteiger partial charge in [-0.05, 0) is 49.9 Å². The molecule has 1 N–H and O–H groups in total. The summed E-state index contributed by atoms with van der Waals surface area (Å²) < 4.78 is 12.2. The van der Waals surface area contributed by atoms with Crippen LogP contribution < -0.4 is 9.64 Å². The molecule has 0 saturated carbocycles. The average molecular weight is 552 g/mol. The number of nitrogens with zero attached hydrogens (tertiary/aromatic N) is 3. The first-order valence-electron chi connectivity index (χ1n) is 14.3. The summed E-state index contributed by atoms with van der Waals surface area (Å²) in [5.74, 6) is -1.59. The molecule has 0 radical (unpaired) electrons. The lowest BCUT2D eigenvalue weighted by Crippen LogP contribution is -2.59. The number of hydrogen-bond acceptors (Lipinski definition) is 6. The summed E-state index contributed by atoms with van der Waals surface area (Å²) in [7, 11) is 1.58. The molecule has 9 heteroatoms. The molecule has 5 rings (SSSR count). The third-order valence-electron chi connectivity index (χ3n) is 8.80.